The second kappa shape index (κ2) is 10.7. The van der Waals surface area contributed by atoms with Crippen LogP contribution in [0.15, 0.2) is 24.3 Å². The molecule has 9 N–H and O–H groups in total. The average molecular weight is 550 g/mol. The van der Waals surface area contributed by atoms with Crippen molar-refractivity contribution in [1.82, 2.24) is 16.0 Å². The Balaban J connectivity index is 1.52. The minimum atomic E-state index is -4.72. The maximum atomic E-state index is 11.7. The number of rotatable bonds is 8. The van der Waals surface area contributed by atoms with E-state index in [1.54, 1.807) is 33.2 Å². The van der Waals surface area contributed by atoms with Crippen LogP contribution in [-0.2, 0) is 25.3 Å². The van der Waals surface area contributed by atoms with Crippen LogP contribution in [0.4, 0.5) is 0 Å². The SMILES string of the molecule is CN[C@@H]1[C@H](O)[C@H](NC)[C@H]2O[C@]3(O)[C@H](O[C@@H]2[C@H]1O)O[C@H](C)C[C@@]3(O)CNCc1cccc(OP(=O)(O)O)c1. The van der Waals surface area contributed by atoms with Crippen molar-refractivity contribution in [3.05, 3.63) is 29.8 Å². The largest absolute Gasteiger partial charge is 0.524 e. The first kappa shape index (κ1) is 28.8. The Morgan fingerprint density at radius 1 is 1.08 bits per heavy atom. The maximum Gasteiger partial charge on any atom is 0.524 e. The number of benzene rings is 1. The van der Waals surface area contributed by atoms with E-state index in [0.29, 0.717) is 5.56 Å². The molecule has 1 saturated carbocycles. The first-order valence-corrected chi connectivity index (χ1v) is 13.5. The monoisotopic (exact) mass is 549 g/mol. The van der Waals surface area contributed by atoms with E-state index in [2.05, 4.69) is 20.5 Å². The highest BCUT2D eigenvalue weighted by molar-refractivity contribution is 7.46. The number of aliphatic hydroxyl groups excluding tert-OH is 2. The van der Waals surface area contributed by atoms with Gasteiger partial charge in [0.1, 0.15) is 29.7 Å². The van der Waals surface area contributed by atoms with Crippen LogP contribution >= 0.6 is 7.82 Å². The molecule has 0 radical (unpaired) electrons. The molecule has 0 amide bonds. The fourth-order valence-electron chi connectivity index (χ4n) is 5.49. The number of nitrogens with one attached hydrogen (secondary N) is 3. The minimum absolute atomic E-state index is 0.0211. The highest BCUT2D eigenvalue weighted by atomic mass is 31.2. The second-order valence-electron chi connectivity index (χ2n) is 9.84. The van der Waals surface area contributed by atoms with Gasteiger partial charge in [-0.3, -0.25) is 9.79 Å². The third-order valence-corrected chi connectivity index (χ3v) is 7.67. The zero-order valence-electron chi connectivity index (χ0n) is 20.7. The lowest BCUT2D eigenvalue weighted by Gasteiger charge is -2.60. The first-order chi connectivity index (χ1) is 17.3. The van der Waals surface area contributed by atoms with Crippen molar-refractivity contribution in [1.29, 1.82) is 0 Å². The standard InChI is InChI=1S/C22H36N3O11P/c1-11-8-21(28,10-25-9-12-5-4-6-13(7-12)36-37(30,31)32)22(29)20(33-11)34-19-17(27)14(23-2)16(26)15(24-3)18(19)35-22/h4-7,11,14-20,23-29H,8-10H2,1-3H3,(H2,30,31,32)/t11-,14-,15+,16+,17+,18-,19-,20+,21-,22-/m1/s1. The lowest BCUT2D eigenvalue weighted by molar-refractivity contribution is -0.482. The van der Waals surface area contributed by atoms with Crippen molar-refractivity contribution < 1.29 is 53.5 Å². The van der Waals surface area contributed by atoms with E-state index < -0.39 is 68.1 Å². The summed E-state index contributed by atoms with van der Waals surface area (Å²) in [4.78, 5) is 18.0. The zero-order valence-corrected chi connectivity index (χ0v) is 21.6. The fraction of sp³-hybridized carbons (Fsp3) is 0.727. The molecule has 14 nitrogen and oxygen atoms in total. The number of phosphoric ester groups is 1. The van der Waals surface area contributed by atoms with Gasteiger partial charge in [-0.25, -0.2) is 4.57 Å². The highest BCUT2D eigenvalue weighted by Crippen LogP contribution is 2.46. The lowest BCUT2D eigenvalue weighted by Crippen LogP contribution is -2.81. The summed E-state index contributed by atoms with van der Waals surface area (Å²) in [6, 6.07) is 4.61. The van der Waals surface area contributed by atoms with Gasteiger partial charge in [0, 0.05) is 19.5 Å². The molecule has 1 aromatic rings. The molecule has 3 aliphatic rings. The molecule has 0 bridgehead atoms. The fourth-order valence-corrected chi connectivity index (χ4v) is 5.88. The van der Waals surface area contributed by atoms with E-state index in [4.69, 9.17) is 24.0 Å². The molecule has 1 aliphatic carbocycles. The topological polar surface area (TPSA) is 211 Å². The quantitative estimate of drug-likeness (QED) is 0.154. The van der Waals surface area contributed by atoms with Crippen molar-refractivity contribution in [2.24, 2.45) is 0 Å². The molecule has 0 aromatic heterocycles. The third kappa shape index (κ3) is 5.58. The third-order valence-electron chi connectivity index (χ3n) is 7.22. The number of hydrogen-bond donors (Lipinski definition) is 9. The number of ether oxygens (including phenoxy) is 3. The van der Waals surface area contributed by atoms with E-state index in [9.17, 15) is 25.0 Å². The van der Waals surface area contributed by atoms with E-state index >= 15 is 0 Å². The Labute approximate surface area is 214 Å². The van der Waals surface area contributed by atoms with Gasteiger partial charge in [-0.2, -0.15) is 0 Å². The number of hydrogen-bond acceptors (Lipinski definition) is 12. The predicted octanol–water partition coefficient (Wildman–Crippen LogP) is -2.50. The average Bonchev–Trinajstić information content (AvgIpc) is 2.79. The number of fused-ring (bicyclic) bond motifs is 2. The van der Waals surface area contributed by atoms with Crippen molar-refractivity contribution in [3.63, 3.8) is 0 Å². The molecule has 15 heteroatoms. The molecule has 210 valence electrons. The van der Waals surface area contributed by atoms with E-state index in [1.807, 2.05) is 0 Å². The molecule has 37 heavy (non-hydrogen) atoms. The Morgan fingerprint density at radius 3 is 2.43 bits per heavy atom. The van der Waals surface area contributed by atoms with Crippen LogP contribution < -0.4 is 20.5 Å². The molecule has 2 saturated heterocycles. The zero-order chi connectivity index (χ0) is 27.2. The summed E-state index contributed by atoms with van der Waals surface area (Å²) in [6.07, 6.45) is -6.26. The van der Waals surface area contributed by atoms with Gasteiger partial charge in [0.15, 0.2) is 0 Å². The van der Waals surface area contributed by atoms with Crippen LogP contribution in [0.3, 0.4) is 0 Å². The molecule has 0 spiro atoms. The molecular weight excluding hydrogens is 513 g/mol. The first-order valence-electron chi connectivity index (χ1n) is 12.0. The maximum absolute atomic E-state index is 11.7. The Kier molecular flexibility index (Phi) is 8.35. The molecule has 2 heterocycles. The predicted molar refractivity (Wildman–Crippen MR) is 127 cm³/mol. The minimum Gasteiger partial charge on any atom is -0.404 e. The van der Waals surface area contributed by atoms with Crippen LogP contribution in [-0.4, -0.2) is 111 Å². The summed E-state index contributed by atoms with van der Waals surface area (Å²) in [6.45, 7) is 1.69. The molecule has 1 aromatic carbocycles. The van der Waals surface area contributed by atoms with Gasteiger partial charge in [0.05, 0.1) is 24.3 Å². The van der Waals surface area contributed by atoms with Gasteiger partial charge in [0.25, 0.3) is 0 Å². The van der Waals surface area contributed by atoms with Crippen LogP contribution in [0.25, 0.3) is 0 Å². The Bertz CT molecular complexity index is 1000. The van der Waals surface area contributed by atoms with Gasteiger partial charge in [-0.1, -0.05) is 12.1 Å². The van der Waals surface area contributed by atoms with Crippen molar-refractivity contribution in [2.75, 3.05) is 20.6 Å². The van der Waals surface area contributed by atoms with Crippen LogP contribution in [0.1, 0.15) is 18.9 Å². The number of likely N-dealkylation sites (N-methyl/N-ethyl adjacent to an activating group) is 2. The Hall–Kier alpha value is -1.23. The molecular formula is C22H36N3O11P. The molecule has 10 atom stereocenters. The molecule has 2 aliphatic heterocycles. The lowest BCUT2D eigenvalue weighted by atomic mass is 9.77. The summed E-state index contributed by atoms with van der Waals surface area (Å²) in [5.74, 6) is -2.37. The van der Waals surface area contributed by atoms with Crippen molar-refractivity contribution >= 4 is 7.82 Å². The van der Waals surface area contributed by atoms with Gasteiger partial charge < -0.3 is 55.1 Å². The smallest absolute Gasteiger partial charge is 0.404 e. The second-order valence-corrected chi connectivity index (χ2v) is 11.0. The van der Waals surface area contributed by atoms with Crippen LogP contribution in [0, 0.1) is 0 Å². The van der Waals surface area contributed by atoms with Gasteiger partial charge in [-0.15, -0.1) is 0 Å². The highest BCUT2D eigenvalue weighted by Gasteiger charge is 2.68. The Morgan fingerprint density at radius 2 is 1.78 bits per heavy atom. The van der Waals surface area contributed by atoms with Gasteiger partial charge in [-0.05, 0) is 38.7 Å². The van der Waals surface area contributed by atoms with Crippen molar-refractivity contribution in [3.8, 4) is 5.75 Å². The van der Waals surface area contributed by atoms with Gasteiger partial charge in [0.2, 0.25) is 12.1 Å². The summed E-state index contributed by atoms with van der Waals surface area (Å²) >= 11 is 0. The van der Waals surface area contributed by atoms with E-state index in [-0.39, 0.29) is 25.3 Å². The summed E-state index contributed by atoms with van der Waals surface area (Å²) in [5, 5.41) is 53.8. The summed E-state index contributed by atoms with van der Waals surface area (Å²) in [5.41, 5.74) is -1.31. The van der Waals surface area contributed by atoms with Crippen LogP contribution in [0.5, 0.6) is 5.75 Å². The van der Waals surface area contributed by atoms with E-state index in [0.717, 1.165) is 0 Å². The molecule has 3 fully saturated rings. The number of aliphatic hydroxyl groups is 4. The number of phosphoric acid groups is 1. The van der Waals surface area contributed by atoms with Crippen molar-refractivity contribution in [2.45, 2.75) is 80.2 Å². The molecule has 0 unspecified atom stereocenters. The molecule has 4 rings (SSSR count). The van der Waals surface area contributed by atoms with E-state index in [1.165, 1.54) is 12.1 Å². The normalized spacial score (nSPS) is 42.1. The van der Waals surface area contributed by atoms with Gasteiger partial charge >= 0.3 is 7.82 Å². The summed E-state index contributed by atoms with van der Waals surface area (Å²) in [7, 11) is -1.51. The summed E-state index contributed by atoms with van der Waals surface area (Å²) < 4.78 is 33.6. The van der Waals surface area contributed by atoms with Crippen LogP contribution in [0.2, 0.25) is 0 Å².